The lowest BCUT2D eigenvalue weighted by molar-refractivity contribution is 0.0696. The van der Waals surface area contributed by atoms with Gasteiger partial charge in [-0.25, -0.2) is 9.18 Å². The van der Waals surface area contributed by atoms with Crippen molar-refractivity contribution in [2.45, 2.75) is 6.92 Å². The zero-order valence-corrected chi connectivity index (χ0v) is 10.3. The first-order valence-electron chi connectivity index (χ1n) is 5.28. The van der Waals surface area contributed by atoms with Crippen molar-refractivity contribution in [1.82, 2.24) is 0 Å². The number of carboxylic acids is 1. The third-order valence-electron chi connectivity index (χ3n) is 2.64. The fraction of sp³-hybridized carbons (Fsp3) is 0.0714. The summed E-state index contributed by atoms with van der Waals surface area (Å²) in [6, 6.07) is 8.97. The first-order valence-corrected chi connectivity index (χ1v) is 5.65. The summed E-state index contributed by atoms with van der Waals surface area (Å²) in [6.45, 7) is 1.84. The highest BCUT2D eigenvalue weighted by Gasteiger charge is 2.09. The predicted octanol–water partition coefficient (Wildman–Crippen LogP) is 4.15. The van der Waals surface area contributed by atoms with E-state index >= 15 is 0 Å². The highest BCUT2D eigenvalue weighted by molar-refractivity contribution is 6.31. The van der Waals surface area contributed by atoms with Crippen LogP contribution in [-0.4, -0.2) is 11.1 Å². The molecule has 0 amide bonds. The minimum Gasteiger partial charge on any atom is -0.478 e. The van der Waals surface area contributed by atoms with Crippen LogP contribution in [0.5, 0.6) is 0 Å². The first kappa shape index (κ1) is 12.6. The van der Waals surface area contributed by atoms with E-state index in [0.717, 1.165) is 17.2 Å². The maximum absolute atomic E-state index is 13.4. The smallest absolute Gasteiger partial charge is 0.335 e. The number of aromatic carboxylic acids is 1. The molecule has 2 aromatic rings. The van der Waals surface area contributed by atoms with E-state index in [0.29, 0.717) is 10.6 Å². The van der Waals surface area contributed by atoms with Gasteiger partial charge in [0, 0.05) is 5.02 Å². The Hall–Kier alpha value is -1.87. The van der Waals surface area contributed by atoms with Crippen LogP contribution < -0.4 is 0 Å². The molecule has 0 atom stereocenters. The Morgan fingerprint density at radius 1 is 1.17 bits per heavy atom. The highest BCUT2D eigenvalue weighted by atomic mass is 35.5. The zero-order chi connectivity index (χ0) is 13.3. The van der Waals surface area contributed by atoms with Crippen molar-refractivity contribution in [1.29, 1.82) is 0 Å². The van der Waals surface area contributed by atoms with E-state index in [1.54, 1.807) is 18.2 Å². The Morgan fingerprint density at radius 3 is 2.50 bits per heavy atom. The maximum Gasteiger partial charge on any atom is 0.335 e. The molecule has 4 heteroatoms. The molecule has 2 aromatic carbocycles. The van der Waals surface area contributed by atoms with Crippen LogP contribution in [-0.2, 0) is 0 Å². The van der Waals surface area contributed by atoms with Gasteiger partial charge in [0.05, 0.1) is 5.56 Å². The van der Waals surface area contributed by atoms with Crippen LogP contribution in [0.3, 0.4) is 0 Å². The average molecular weight is 265 g/mol. The predicted molar refractivity (Wildman–Crippen MR) is 68.5 cm³/mol. The molecule has 0 saturated carbocycles. The normalized spacial score (nSPS) is 10.4. The Kier molecular flexibility index (Phi) is 3.34. The largest absolute Gasteiger partial charge is 0.478 e. The molecule has 0 aliphatic rings. The molecule has 0 aliphatic heterocycles. The van der Waals surface area contributed by atoms with Crippen LogP contribution in [0.25, 0.3) is 11.1 Å². The minimum absolute atomic E-state index is 0.0717. The molecule has 0 aliphatic carbocycles. The molecule has 2 nitrogen and oxygen atoms in total. The van der Waals surface area contributed by atoms with Gasteiger partial charge in [0.2, 0.25) is 0 Å². The molecule has 92 valence electrons. The summed E-state index contributed by atoms with van der Waals surface area (Å²) in [5, 5.41) is 9.51. The Labute approximate surface area is 109 Å². The molecule has 0 heterocycles. The van der Waals surface area contributed by atoms with Gasteiger partial charge >= 0.3 is 5.97 Å². The Morgan fingerprint density at radius 2 is 1.89 bits per heavy atom. The second-order valence-electron chi connectivity index (χ2n) is 4.00. The van der Waals surface area contributed by atoms with Gasteiger partial charge in [-0.3, -0.25) is 0 Å². The number of halogens is 2. The Balaban J connectivity index is 2.56. The summed E-state index contributed by atoms with van der Waals surface area (Å²) in [5.74, 6) is -1.72. The van der Waals surface area contributed by atoms with Crippen molar-refractivity contribution in [3.63, 3.8) is 0 Å². The number of carboxylic acid groups (broad SMARTS) is 1. The minimum atomic E-state index is -1.15. The summed E-state index contributed by atoms with van der Waals surface area (Å²) in [6.07, 6.45) is 0. The van der Waals surface area contributed by atoms with Gasteiger partial charge in [0.1, 0.15) is 5.82 Å². The molecule has 0 saturated heterocycles. The second kappa shape index (κ2) is 4.78. The fourth-order valence-electron chi connectivity index (χ4n) is 1.70. The van der Waals surface area contributed by atoms with Crippen molar-refractivity contribution in [3.05, 3.63) is 58.4 Å². The van der Waals surface area contributed by atoms with Gasteiger partial charge < -0.3 is 5.11 Å². The first-order chi connectivity index (χ1) is 8.47. The summed E-state index contributed by atoms with van der Waals surface area (Å²) < 4.78 is 13.4. The third-order valence-corrected chi connectivity index (χ3v) is 3.06. The van der Waals surface area contributed by atoms with Crippen molar-refractivity contribution < 1.29 is 14.3 Å². The van der Waals surface area contributed by atoms with Gasteiger partial charge in [0.15, 0.2) is 0 Å². The number of benzene rings is 2. The lowest BCUT2D eigenvalue weighted by Gasteiger charge is -2.06. The van der Waals surface area contributed by atoms with Crippen molar-refractivity contribution in [2.75, 3.05) is 0 Å². The molecule has 0 unspecified atom stereocenters. The van der Waals surface area contributed by atoms with Crippen molar-refractivity contribution >= 4 is 17.6 Å². The lowest BCUT2D eigenvalue weighted by Crippen LogP contribution is -1.97. The number of hydrogen-bond acceptors (Lipinski definition) is 1. The molecule has 0 bridgehead atoms. The third kappa shape index (κ3) is 2.51. The average Bonchev–Trinajstić information content (AvgIpc) is 2.31. The van der Waals surface area contributed by atoms with E-state index in [-0.39, 0.29) is 5.56 Å². The standard InChI is InChI=1S/C14H10ClFO2/c1-8-4-9(2-3-13(8)15)10-5-11(14(17)18)7-12(16)6-10/h2-7H,1H3,(H,17,18). The van der Waals surface area contributed by atoms with E-state index in [4.69, 9.17) is 16.7 Å². The van der Waals surface area contributed by atoms with E-state index in [2.05, 4.69) is 0 Å². The zero-order valence-electron chi connectivity index (χ0n) is 9.58. The van der Waals surface area contributed by atoms with E-state index in [1.165, 1.54) is 12.1 Å². The molecular formula is C14H10ClFO2. The van der Waals surface area contributed by atoms with Gasteiger partial charge in [-0.2, -0.15) is 0 Å². The molecule has 0 spiro atoms. The number of rotatable bonds is 2. The van der Waals surface area contributed by atoms with Crippen LogP contribution in [0.15, 0.2) is 36.4 Å². The summed E-state index contributed by atoms with van der Waals surface area (Å²) >= 11 is 5.91. The molecule has 2 rings (SSSR count). The molecule has 0 aromatic heterocycles. The second-order valence-corrected chi connectivity index (χ2v) is 4.40. The quantitative estimate of drug-likeness (QED) is 0.885. The van der Waals surface area contributed by atoms with Gasteiger partial charge in [-0.1, -0.05) is 17.7 Å². The maximum atomic E-state index is 13.4. The monoisotopic (exact) mass is 264 g/mol. The van der Waals surface area contributed by atoms with E-state index < -0.39 is 11.8 Å². The van der Waals surface area contributed by atoms with Crippen LogP contribution in [0.1, 0.15) is 15.9 Å². The van der Waals surface area contributed by atoms with Crippen LogP contribution in [0, 0.1) is 12.7 Å². The Bertz CT molecular complexity index is 623. The van der Waals surface area contributed by atoms with Gasteiger partial charge in [0.25, 0.3) is 0 Å². The molecular weight excluding hydrogens is 255 g/mol. The molecule has 0 fully saturated rings. The SMILES string of the molecule is Cc1cc(-c2cc(F)cc(C(=O)O)c2)ccc1Cl. The summed E-state index contributed by atoms with van der Waals surface area (Å²) in [7, 11) is 0. The summed E-state index contributed by atoms with van der Waals surface area (Å²) in [5.41, 5.74) is 2.04. The lowest BCUT2D eigenvalue weighted by atomic mass is 10.0. The van der Waals surface area contributed by atoms with Gasteiger partial charge in [-0.15, -0.1) is 0 Å². The molecule has 18 heavy (non-hydrogen) atoms. The van der Waals surface area contributed by atoms with E-state index in [1.807, 2.05) is 6.92 Å². The summed E-state index contributed by atoms with van der Waals surface area (Å²) in [4.78, 5) is 10.9. The van der Waals surface area contributed by atoms with Gasteiger partial charge in [-0.05, 0) is 53.9 Å². The topological polar surface area (TPSA) is 37.3 Å². The fourth-order valence-corrected chi connectivity index (χ4v) is 1.82. The van der Waals surface area contributed by atoms with Crippen molar-refractivity contribution in [3.8, 4) is 11.1 Å². The number of carbonyl (C=O) groups is 1. The molecule has 0 radical (unpaired) electrons. The van der Waals surface area contributed by atoms with Crippen molar-refractivity contribution in [2.24, 2.45) is 0 Å². The van der Waals surface area contributed by atoms with Crippen LogP contribution in [0.4, 0.5) is 4.39 Å². The van der Waals surface area contributed by atoms with E-state index in [9.17, 15) is 9.18 Å². The number of aryl methyl sites for hydroxylation is 1. The highest BCUT2D eigenvalue weighted by Crippen LogP contribution is 2.26. The van der Waals surface area contributed by atoms with Crippen LogP contribution in [0.2, 0.25) is 5.02 Å². The number of hydrogen-bond donors (Lipinski definition) is 1. The molecule has 1 N–H and O–H groups in total. The van der Waals surface area contributed by atoms with Crippen LogP contribution >= 0.6 is 11.6 Å².